The molecule has 0 aliphatic carbocycles. The number of hydrogen-bond donors (Lipinski definition) is 0. The van der Waals surface area contributed by atoms with E-state index in [1.54, 1.807) is 12.4 Å². The first-order valence-corrected chi connectivity index (χ1v) is 9.07. The Bertz CT molecular complexity index is 1050. The van der Waals surface area contributed by atoms with E-state index in [4.69, 9.17) is 9.72 Å². The Morgan fingerprint density at radius 2 is 2.18 bits per heavy atom. The Balaban J connectivity index is 1.73. The number of esters is 1. The summed E-state index contributed by atoms with van der Waals surface area (Å²) in [5, 5.41) is 4.30. The summed E-state index contributed by atoms with van der Waals surface area (Å²) in [6, 6.07) is 5.96. The Labute approximate surface area is 162 Å². The molecule has 0 N–H and O–H groups in total. The normalized spacial score (nSPS) is 13.1. The summed E-state index contributed by atoms with van der Waals surface area (Å²) in [5.74, 6) is 1.90. The summed E-state index contributed by atoms with van der Waals surface area (Å²) in [5.41, 5.74) is 2.53. The lowest BCUT2D eigenvalue weighted by molar-refractivity contribution is -0.134. The maximum atomic E-state index is 11.3. The molecule has 1 aliphatic heterocycles. The van der Waals surface area contributed by atoms with E-state index in [9.17, 15) is 4.79 Å². The monoisotopic (exact) mass is 379 g/mol. The Kier molecular flexibility index (Phi) is 4.68. The molecule has 0 radical (unpaired) electrons. The molecular weight excluding hydrogens is 358 g/mol. The van der Waals surface area contributed by atoms with Crippen LogP contribution in [0.25, 0.3) is 29.0 Å². The van der Waals surface area contributed by atoms with Gasteiger partial charge in [-0.15, -0.1) is 0 Å². The summed E-state index contributed by atoms with van der Waals surface area (Å²) < 4.78 is 14.5. The zero-order chi connectivity index (χ0) is 19.7. The summed E-state index contributed by atoms with van der Waals surface area (Å²) >= 11 is 0. The van der Waals surface area contributed by atoms with Gasteiger partial charge in [-0.25, -0.2) is 19.4 Å². The molecule has 28 heavy (non-hydrogen) atoms. The van der Waals surface area contributed by atoms with Crippen molar-refractivity contribution < 1.29 is 14.3 Å². The van der Waals surface area contributed by atoms with Gasteiger partial charge in [-0.05, 0) is 37.6 Å². The number of ether oxygens (including phenoxy) is 2. The highest BCUT2D eigenvalue weighted by atomic mass is 16.5. The quantitative estimate of drug-likeness (QED) is 0.512. The third-order valence-corrected chi connectivity index (χ3v) is 4.52. The topological polar surface area (TPSA) is 84.1 Å². The third kappa shape index (κ3) is 3.28. The van der Waals surface area contributed by atoms with Crippen molar-refractivity contribution in [1.82, 2.24) is 24.3 Å². The van der Waals surface area contributed by atoms with Gasteiger partial charge in [0.15, 0.2) is 5.82 Å². The molecule has 0 saturated heterocycles. The number of methoxy groups -OCH3 is 1. The molecule has 4 rings (SSSR count). The van der Waals surface area contributed by atoms with Crippen molar-refractivity contribution in [3.63, 3.8) is 0 Å². The van der Waals surface area contributed by atoms with Gasteiger partial charge in [0.05, 0.1) is 19.2 Å². The number of fused-ring (bicyclic) bond motifs is 3. The number of rotatable bonds is 4. The van der Waals surface area contributed by atoms with Gasteiger partial charge in [-0.2, -0.15) is 5.10 Å². The van der Waals surface area contributed by atoms with E-state index in [-0.39, 0.29) is 6.04 Å². The van der Waals surface area contributed by atoms with Gasteiger partial charge in [0, 0.05) is 18.3 Å². The lowest BCUT2D eigenvalue weighted by Gasteiger charge is -2.08. The van der Waals surface area contributed by atoms with E-state index >= 15 is 0 Å². The average molecular weight is 379 g/mol. The Hall–Kier alpha value is -3.42. The van der Waals surface area contributed by atoms with Gasteiger partial charge in [-0.1, -0.05) is 6.07 Å². The molecule has 0 amide bonds. The van der Waals surface area contributed by atoms with E-state index in [0.29, 0.717) is 13.2 Å². The highest BCUT2D eigenvalue weighted by Gasteiger charge is 2.21. The number of aromatic nitrogens is 5. The molecule has 3 aromatic rings. The molecule has 3 heterocycles. The van der Waals surface area contributed by atoms with Gasteiger partial charge < -0.3 is 14.0 Å². The standard InChI is InChI=1S/C20H21N5O3/c1-13(2)25-20(21-12-22-25)16-11-24-8-9-28-17-10-14(5-7-18(26)27-3)4-6-15(17)19(24)23-16/h4-7,10-13H,8-9H2,1-3H3. The number of hydrogen-bond acceptors (Lipinski definition) is 6. The summed E-state index contributed by atoms with van der Waals surface area (Å²) in [7, 11) is 1.35. The van der Waals surface area contributed by atoms with Crippen LogP contribution in [0, 0.1) is 0 Å². The largest absolute Gasteiger partial charge is 0.491 e. The van der Waals surface area contributed by atoms with Crippen molar-refractivity contribution in [1.29, 1.82) is 0 Å². The molecule has 0 bridgehead atoms. The highest BCUT2D eigenvalue weighted by Crippen LogP contribution is 2.34. The van der Waals surface area contributed by atoms with Crippen LogP contribution in [0.4, 0.5) is 0 Å². The van der Waals surface area contributed by atoms with Crippen LogP contribution in [0.2, 0.25) is 0 Å². The van der Waals surface area contributed by atoms with Crippen molar-refractivity contribution in [2.45, 2.75) is 26.4 Å². The molecular formula is C20H21N5O3. The molecule has 0 spiro atoms. The number of carbonyl (C=O) groups excluding carboxylic acids is 1. The molecule has 0 atom stereocenters. The minimum atomic E-state index is -0.398. The van der Waals surface area contributed by atoms with Crippen molar-refractivity contribution in [3.05, 3.63) is 42.4 Å². The average Bonchev–Trinajstić information content (AvgIpc) is 3.30. The molecule has 1 aliphatic rings. The van der Waals surface area contributed by atoms with Crippen molar-refractivity contribution >= 4 is 12.0 Å². The van der Waals surface area contributed by atoms with Crippen molar-refractivity contribution in [2.75, 3.05) is 13.7 Å². The van der Waals surface area contributed by atoms with Crippen LogP contribution in [0.1, 0.15) is 25.5 Å². The molecule has 0 fully saturated rings. The minimum Gasteiger partial charge on any atom is -0.491 e. The molecule has 8 nitrogen and oxygen atoms in total. The SMILES string of the molecule is COC(=O)C=Cc1ccc2c(c1)OCCn1cc(-c3ncnn3C(C)C)nc1-2. The zero-order valence-electron chi connectivity index (χ0n) is 16.0. The van der Waals surface area contributed by atoms with E-state index in [1.165, 1.54) is 13.2 Å². The number of nitrogens with zero attached hydrogens (tertiary/aromatic N) is 5. The van der Waals surface area contributed by atoms with E-state index in [2.05, 4.69) is 33.2 Å². The fourth-order valence-corrected chi connectivity index (χ4v) is 3.15. The molecule has 2 aromatic heterocycles. The second-order valence-corrected chi connectivity index (χ2v) is 6.73. The third-order valence-electron chi connectivity index (χ3n) is 4.52. The van der Waals surface area contributed by atoms with E-state index in [0.717, 1.165) is 34.2 Å². The summed E-state index contributed by atoms with van der Waals surface area (Å²) in [6.45, 7) is 5.33. The highest BCUT2D eigenvalue weighted by molar-refractivity contribution is 5.87. The van der Waals surface area contributed by atoms with Crippen LogP contribution >= 0.6 is 0 Å². The predicted molar refractivity (Wildman–Crippen MR) is 104 cm³/mol. The molecule has 0 saturated carbocycles. The second kappa shape index (κ2) is 7.30. The Morgan fingerprint density at radius 1 is 1.32 bits per heavy atom. The predicted octanol–water partition coefficient (Wildman–Crippen LogP) is 2.97. The lowest BCUT2D eigenvalue weighted by Crippen LogP contribution is -2.06. The maximum Gasteiger partial charge on any atom is 0.330 e. The lowest BCUT2D eigenvalue weighted by atomic mass is 10.1. The molecule has 1 aromatic carbocycles. The first-order chi connectivity index (χ1) is 13.6. The summed E-state index contributed by atoms with van der Waals surface area (Å²) in [6.07, 6.45) is 6.62. The van der Waals surface area contributed by atoms with Gasteiger partial charge in [0.25, 0.3) is 0 Å². The fraction of sp³-hybridized carbons (Fsp3) is 0.300. The molecule has 144 valence electrons. The molecule has 8 heteroatoms. The van der Waals surface area contributed by atoms with Gasteiger partial charge >= 0.3 is 5.97 Å². The van der Waals surface area contributed by atoms with E-state index < -0.39 is 5.97 Å². The van der Waals surface area contributed by atoms with Gasteiger partial charge in [-0.3, -0.25) is 0 Å². The first kappa shape index (κ1) is 18.0. The van der Waals surface area contributed by atoms with Crippen molar-refractivity contribution in [2.24, 2.45) is 0 Å². The van der Waals surface area contributed by atoms with Crippen molar-refractivity contribution in [3.8, 4) is 28.7 Å². The van der Waals surface area contributed by atoms with Crippen LogP contribution in [-0.4, -0.2) is 44.0 Å². The Morgan fingerprint density at radius 3 is 2.96 bits per heavy atom. The number of imidazole rings is 1. The van der Waals surface area contributed by atoms with Crippen LogP contribution in [0.3, 0.4) is 0 Å². The number of benzene rings is 1. The van der Waals surface area contributed by atoms with Crippen LogP contribution in [-0.2, 0) is 16.1 Å². The van der Waals surface area contributed by atoms with Gasteiger partial charge in [0.1, 0.15) is 30.2 Å². The van der Waals surface area contributed by atoms with Crippen LogP contribution < -0.4 is 4.74 Å². The fourth-order valence-electron chi connectivity index (χ4n) is 3.15. The van der Waals surface area contributed by atoms with Gasteiger partial charge in [0.2, 0.25) is 0 Å². The number of carbonyl (C=O) groups is 1. The maximum absolute atomic E-state index is 11.3. The van der Waals surface area contributed by atoms with Crippen LogP contribution in [0.15, 0.2) is 36.8 Å². The summed E-state index contributed by atoms with van der Waals surface area (Å²) in [4.78, 5) is 20.5. The van der Waals surface area contributed by atoms with E-state index in [1.807, 2.05) is 29.1 Å². The smallest absolute Gasteiger partial charge is 0.330 e. The zero-order valence-corrected chi connectivity index (χ0v) is 16.0. The second-order valence-electron chi connectivity index (χ2n) is 6.73. The first-order valence-electron chi connectivity index (χ1n) is 9.07. The van der Waals surface area contributed by atoms with Crippen LogP contribution in [0.5, 0.6) is 5.75 Å². The minimum absolute atomic E-state index is 0.193. The molecule has 0 unspecified atom stereocenters.